The van der Waals surface area contributed by atoms with E-state index in [0.717, 1.165) is 5.56 Å². The van der Waals surface area contributed by atoms with Crippen LogP contribution >= 0.6 is 81.2 Å². The lowest BCUT2D eigenvalue weighted by atomic mass is 10.0. The number of alkyl halides is 7. The highest BCUT2D eigenvalue weighted by atomic mass is 35.6. The maximum Gasteiger partial charge on any atom is 0.226 e. The highest BCUT2D eigenvalue weighted by molar-refractivity contribution is 6.78. The zero-order valence-corrected chi connectivity index (χ0v) is 15.3. The summed E-state index contributed by atoms with van der Waals surface area (Å²) in [6, 6.07) is 6.86. The summed E-state index contributed by atoms with van der Waals surface area (Å²) in [7, 11) is 0. The summed E-state index contributed by atoms with van der Waals surface area (Å²) in [4.78, 5) is 0. The number of hydrogen-bond donors (Lipinski definition) is 0. The molecule has 0 aliphatic heterocycles. The SMILES string of the molecule is [O]CCCc1cccc(C(Cl)(Cl)C(Cl)(Cl)C(Cl)(Cl)Cl)c1. The van der Waals surface area contributed by atoms with Crippen LogP contribution in [0.4, 0.5) is 0 Å². The molecule has 20 heavy (non-hydrogen) atoms. The van der Waals surface area contributed by atoms with E-state index in [0.29, 0.717) is 18.4 Å². The molecule has 0 unspecified atom stereocenters. The van der Waals surface area contributed by atoms with Crippen molar-refractivity contribution < 1.29 is 5.11 Å². The Labute approximate surface area is 153 Å². The Morgan fingerprint density at radius 3 is 2.05 bits per heavy atom. The van der Waals surface area contributed by atoms with E-state index >= 15 is 0 Å². The van der Waals surface area contributed by atoms with E-state index in [-0.39, 0.29) is 6.61 Å². The van der Waals surface area contributed by atoms with Crippen LogP contribution in [-0.4, -0.2) is 14.7 Å². The average Bonchev–Trinajstić information content (AvgIpc) is 2.35. The van der Waals surface area contributed by atoms with Crippen molar-refractivity contribution in [1.82, 2.24) is 0 Å². The van der Waals surface area contributed by atoms with Gasteiger partial charge >= 0.3 is 0 Å². The normalized spacial score (nSPS) is 13.6. The van der Waals surface area contributed by atoms with Crippen LogP contribution in [0.2, 0.25) is 0 Å². The first-order valence-corrected chi connectivity index (χ1v) is 8.18. The Bertz CT molecular complexity index is 453. The van der Waals surface area contributed by atoms with Crippen molar-refractivity contribution in [2.24, 2.45) is 0 Å². The molecule has 0 bridgehead atoms. The van der Waals surface area contributed by atoms with Gasteiger partial charge in [-0.2, -0.15) is 0 Å². The predicted molar refractivity (Wildman–Crippen MR) is 88.4 cm³/mol. The lowest BCUT2D eigenvalue weighted by Crippen LogP contribution is -2.45. The quantitative estimate of drug-likeness (QED) is 0.506. The van der Waals surface area contributed by atoms with Gasteiger partial charge in [0.15, 0.2) is 4.33 Å². The first kappa shape index (κ1) is 19.3. The van der Waals surface area contributed by atoms with E-state index in [1.165, 1.54) is 0 Å². The van der Waals surface area contributed by atoms with E-state index in [2.05, 4.69) is 0 Å². The lowest BCUT2D eigenvalue weighted by Gasteiger charge is -2.38. The van der Waals surface area contributed by atoms with E-state index in [4.69, 9.17) is 81.2 Å². The molecular formula is C12H10Cl7O. The van der Waals surface area contributed by atoms with Gasteiger partial charge in [-0.15, -0.1) is 0 Å². The highest BCUT2D eigenvalue weighted by Crippen LogP contribution is 2.60. The lowest BCUT2D eigenvalue weighted by molar-refractivity contribution is 0.189. The standard InChI is InChI=1S/C12H10Cl7O/c13-10(14,11(15,16)12(17,18)19)9-5-1-3-8(7-9)4-2-6-20/h1,3,5,7H,2,4,6H2. The number of rotatable bonds is 5. The van der Waals surface area contributed by atoms with Crippen molar-refractivity contribution in [2.75, 3.05) is 6.61 Å². The van der Waals surface area contributed by atoms with Gasteiger partial charge in [0.2, 0.25) is 8.13 Å². The molecule has 0 atom stereocenters. The monoisotopic (exact) mass is 415 g/mol. The van der Waals surface area contributed by atoms with Gasteiger partial charge in [-0.25, -0.2) is 5.11 Å². The third kappa shape index (κ3) is 4.14. The molecule has 0 aliphatic carbocycles. The van der Waals surface area contributed by atoms with Crippen LogP contribution in [0.15, 0.2) is 24.3 Å². The Balaban J connectivity index is 3.15. The van der Waals surface area contributed by atoms with E-state index in [1.54, 1.807) is 18.2 Å². The number of aryl methyl sites for hydroxylation is 1. The summed E-state index contributed by atoms with van der Waals surface area (Å²) in [6.45, 7) is -0.166. The molecule has 0 saturated carbocycles. The van der Waals surface area contributed by atoms with Gasteiger partial charge in [0.05, 0.1) is 6.61 Å². The second-order valence-electron chi connectivity index (χ2n) is 4.15. The summed E-state index contributed by atoms with van der Waals surface area (Å²) in [5.74, 6) is 0. The molecular weight excluding hydrogens is 408 g/mol. The molecule has 0 amide bonds. The van der Waals surface area contributed by atoms with E-state index in [1.807, 2.05) is 6.07 Å². The van der Waals surface area contributed by atoms with E-state index < -0.39 is 12.5 Å². The summed E-state index contributed by atoms with van der Waals surface area (Å²) in [5.41, 5.74) is 1.26. The van der Waals surface area contributed by atoms with E-state index in [9.17, 15) is 5.11 Å². The molecule has 0 heterocycles. The van der Waals surface area contributed by atoms with Gasteiger partial charge in [0.1, 0.15) is 0 Å². The summed E-state index contributed by atoms with van der Waals surface area (Å²) >= 11 is 41.8. The second kappa shape index (κ2) is 7.19. The Kier molecular flexibility index (Phi) is 6.92. The smallest absolute Gasteiger partial charge is 0.226 e. The van der Waals surface area contributed by atoms with Gasteiger partial charge in [-0.05, 0) is 24.0 Å². The third-order valence-electron chi connectivity index (χ3n) is 2.65. The predicted octanol–water partition coefficient (Wildman–Crippen LogP) is 6.22. The molecule has 1 radical (unpaired) electrons. The van der Waals surface area contributed by atoms with Crippen LogP contribution in [-0.2, 0) is 15.9 Å². The zero-order chi connectivity index (χ0) is 15.6. The first-order chi connectivity index (χ1) is 9.04. The van der Waals surface area contributed by atoms with Crippen LogP contribution in [0.3, 0.4) is 0 Å². The molecule has 0 aliphatic rings. The van der Waals surface area contributed by atoms with Crippen molar-refractivity contribution in [1.29, 1.82) is 0 Å². The van der Waals surface area contributed by atoms with Crippen molar-refractivity contribution in [3.05, 3.63) is 35.4 Å². The summed E-state index contributed by atoms with van der Waals surface area (Å²) in [6.07, 6.45) is 1.09. The minimum Gasteiger partial charge on any atom is -0.237 e. The van der Waals surface area contributed by atoms with Gasteiger partial charge < -0.3 is 0 Å². The van der Waals surface area contributed by atoms with Gasteiger partial charge in [0, 0.05) is 0 Å². The second-order valence-corrected chi connectivity index (χ2v) is 9.09. The fourth-order valence-electron chi connectivity index (χ4n) is 1.56. The molecule has 1 nitrogen and oxygen atoms in total. The molecule has 8 heteroatoms. The van der Waals surface area contributed by atoms with Gasteiger partial charge in [0.25, 0.3) is 0 Å². The van der Waals surface area contributed by atoms with Gasteiger partial charge in [-0.1, -0.05) is 105 Å². The maximum absolute atomic E-state index is 10.5. The fraction of sp³-hybridized carbons (Fsp3) is 0.500. The minimum absolute atomic E-state index is 0.166. The average molecular weight is 418 g/mol. The third-order valence-corrected chi connectivity index (χ3v) is 6.60. The minimum atomic E-state index is -2.09. The Morgan fingerprint density at radius 2 is 1.55 bits per heavy atom. The molecule has 0 saturated heterocycles. The number of benzene rings is 1. The molecule has 1 aromatic carbocycles. The Hall–Kier alpha value is 1.21. The molecule has 0 aromatic heterocycles. The van der Waals surface area contributed by atoms with Crippen molar-refractivity contribution in [3.8, 4) is 0 Å². The van der Waals surface area contributed by atoms with Crippen LogP contribution in [0, 0.1) is 0 Å². The molecule has 0 N–H and O–H groups in total. The van der Waals surface area contributed by atoms with Crippen LogP contribution in [0.1, 0.15) is 17.5 Å². The molecule has 1 aromatic rings. The fourth-order valence-corrected chi connectivity index (χ4v) is 3.01. The largest absolute Gasteiger partial charge is 0.237 e. The topological polar surface area (TPSA) is 19.9 Å². The molecule has 1 rings (SSSR count). The van der Waals surface area contributed by atoms with Crippen molar-refractivity contribution in [2.45, 2.75) is 25.3 Å². The van der Waals surface area contributed by atoms with Crippen molar-refractivity contribution >= 4 is 81.2 Å². The molecule has 0 fully saturated rings. The van der Waals surface area contributed by atoms with Crippen LogP contribution in [0.25, 0.3) is 0 Å². The molecule has 113 valence electrons. The van der Waals surface area contributed by atoms with Gasteiger partial charge in [-0.3, -0.25) is 0 Å². The Morgan fingerprint density at radius 1 is 0.950 bits per heavy atom. The summed E-state index contributed by atoms with van der Waals surface area (Å²) in [5, 5.41) is 10.5. The van der Waals surface area contributed by atoms with Crippen LogP contribution in [0.5, 0.6) is 0 Å². The van der Waals surface area contributed by atoms with Crippen molar-refractivity contribution in [3.63, 3.8) is 0 Å². The summed E-state index contributed by atoms with van der Waals surface area (Å²) < 4.78 is -6.00. The first-order valence-electron chi connectivity index (χ1n) is 5.54. The van der Waals surface area contributed by atoms with Crippen LogP contribution < -0.4 is 0 Å². The number of hydrogen-bond acceptors (Lipinski definition) is 0. The maximum atomic E-state index is 10.5. The molecule has 0 spiro atoms. The highest BCUT2D eigenvalue weighted by Gasteiger charge is 2.60. The number of halogens is 7. The zero-order valence-electron chi connectivity index (χ0n) is 9.98.